The number of halogens is 1. The Morgan fingerprint density at radius 1 is 1.27 bits per heavy atom. The molecule has 26 heavy (non-hydrogen) atoms. The molecule has 2 aromatic carbocycles. The second kappa shape index (κ2) is 8.23. The molecule has 2 amide bonds. The maximum absolute atomic E-state index is 12.3. The van der Waals surface area contributed by atoms with Gasteiger partial charge in [0.25, 0.3) is 0 Å². The highest BCUT2D eigenvalue weighted by Crippen LogP contribution is 2.26. The van der Waals surface area contributed by atoms with E-state index in [1.54, 1.807) is 29.2 Å². The van der Waals surface area contributed by atoms with Gasteiger partial charge in [-0.25, -0.2) is 0 Å². The molecule has 1 heterocycles. The molecule has 3 rings (SSSR count). The first-order valence-electron chi connectivity index (χ1n) is 8.56. The number of carbonyl (C=O) groups is 2. The normalized spacial score (nSPS) is 16.6. The summed E-state index contributed by atoms with van der Waals surface area (Å²) < 4.78 is 5.62. The van der Waals surface area contributed by atoms with Crippen LogP contribution >= 0.6 is 11.6 Å². The van der Waals surface area contributed by atoms with Crippen molar-refractivity contribution in [3.63, 3.8) is 0 Å². The smallest absolute Gasteiger partial charge is 0.227 e. The zero-order valence-corrected chi connectivity index (χ0v) is 15.3. The summed E-state index contributed by atoms with van der Waals surface area (Å²) in [5.41, 5.74) is 1.88. The molecule has 0 unspecified atom stereocenters. The number of anilines is 1. The fraction of sp³-hybridized carbons (Fsp3) is 0.300. The van der Waals surface area contributed by atoms with Gasteiger partial charge in [0.2, 0.25) is 11.8 Å². The van der Waals surface area contributed by atoms with Gasteiger partial charge in [0, 0.05) is 23.7 Å². The fourth-order valence-corrected chi connectivity index (χ4v) is 3.07. The third kappa shape index (κ3) is 4.55. The Morgan fingerprint density at radius 3 is 2.77 bits per heavy atom. The van der Waals surface area contributed by atoms with Crippen LogP contribution in [0.25, 0.3) is 0 Å². The molecular formula is C20H21ClN2O3. The number of carbonyl (C=O) groups excluding carboxylic acids is 2. The molecule has 5 nitrogen and oxygen atoms in total. The van der Waals surface area contributed by atoms with Gasteiger partial charge in [-0.05, 0) is 48.9 Å². The van der Waals surface area contributed by atoms with E-state index in [9.17, 15) is 9.59 Å². The second-order valence-electron chi connectivity index (χ2n) is 6.34. The standard InChI is InChI=1S/C20H21ClN2O3/c1-14-3-2-4-18(11-14)26-10-9-22-20(25)15-12-19(24)23(13-15)17-7-5-16(21)6-8-17/h2-8,11,15H,9-10,12-13H2,1H3,(H,22,25)/t15-/m0/s1. The fourth-order valence-electron chi connectivity index (χ4n) is 2.95. The third-order valence-corrected chi connectivity index (χ3v) is 4.55. The van der Waals surface area contributed by atoms with E-state index in [2.05, 4.69) is 5.32 Å². The quantitative estimate of drug-likeness (QED) is 0.792. The Hall–Kier alpha value is -2.53. The van der Waals surface area contributed by atoms with Gasteiger partial charge < -0.3 is 15.0 Å². The van der Waals surface area contributed by atoms with E-state index in [1.807, 2.05) is 31.2 Å². The first kappa shape index (κ1) is 18.3. The number of nitrogens with one attached hydrogen (secondary N) is 1. The zero-order chi connectivity index (χ0) is 18.5. The highest BCUT2D eigenvalue weighted by Gasteiger charge is 2.34. The van der Waals surface area contributed by atoms with Gasteiger partial charge in [0.05, 0.1) is 12.5 Å². The van der Waals surface area contributed by atoms with Crippen molar-refractivity contribution in [2.75, 3.05) is 24.6 Å². The van der Waals surface area contributed by atoms with Gasteiger partial charge in [0.1, 0.15) is 12.4 Å². The van der Waals surface area contributed by atoms with Crippen LogP contribution in [0.5, 0.6) is 5.75 Å². The maximum atomic E-state index is 12.3. The van der Waals surface area contributed by atoms with Crippen LogP contribution in [0.2, 0.25) is 5.02 Å². The van der Waals surface area contributed by atoms with E-state index in [4.69, 9.17) is 16.3 Å². The number of rotatable bonds is 6. The van der Waals surface area contributed by atoms with Crippen LogP contribution in [0.4, 0.5) is 5.69 Å². The number of benzene rings is 2. The first-order valence-corrected chi connectivity index (χ1v) is 8.94. The first-order chi connectivity index (χ1) is 12.5. The summed E-state index contributed by atoms with van der Waals surface area (Å²) in [5, 5.41) is 3.46. The summed E-state index contributed by atoms with van der Waals surface area (Å²) >= 11 is 5.88. The lowest BCUT2D eigenvalue weighted by molar-refractivity contribution is -0.126. The molecule has 1 saturated heterocycles. The molecule has 0 saturated carbocycles. The molecule has 0 radical (unpaired) electrons. The van der Waals surface area contributed by atoms with Gasteiger partial charge in [0.15, 0.2) is 0 Å². The van der Waals surface area contributed by atoms with Gasteiger partial charge in [-0.3, -0.25) is 9.59 Å². The van der Waals surface area contributed by atoms with Gasteiger partial charge >= 0.3 is 0 Å². The van der Waals surface area contributed by atoms with Crippen LogP contribution in [0, 0.1) is 12.8 Å². The molecular weight excluding hydrogens is 352 g/mol. The summed E-state index contributed by atoms with van der Waals surface area (Å²) in [6, 6.07) is 14.8. The van der Waals surface area contributed by atoms with Crippen molar-refractivity contribution in [1.29, 1.82) is 0 Å². The van der Waals surface area contributed by atoms with Crippen LogP contribution in [0.3, 0.4) is 0 Å². The lowest BCUT2D eigenvalue weighted by atomic mass is 10.1. The Labute approximate surface area is 157 Å². The molecule has 1 aliphatic rings. The maximum Gasteiger partial charge on any atom is 0.227 e. The largest absolute Gasteiger partial charge is 0.492 e. The van der Waals surface area contributed by atoms with Crippen LogP contribution in [-0.2, 0) is 9.59 Å². The second-order valence-corrected chi connectivity index (χ2v) is 6.77. The highest BCUT2D eigenvalue weighted by molar-refractivity contribution is 6.30. The van der Waals surface area contributed by atoms with Crippen LogP contribution in [0.15, 0.2) is 48.5 Å². The lowest BCUT2D eigenvalue weighted by Gasteiger charge is -2.16. The Morgan fingerprint density at radius 2 is 2.04 bits per heavy atom. The van der Waals surface area contributed by atoms with E-state index in [0.29, 0.717) is 24.7 Å². The van der Waals surface area contributed by atoms with E-state index in [0.717, 1.165) is 17.0 Å². The number of hydrogen-bond donors (Lipinski definition) is 1. The molecule has 2 aromatic rings. The molecule has 1 atom stereocenters. The SMILES string of the molecule is Cc1cccc(OCCNC(=O)[C@H]2CC(=O)N(c3ccc(Cl)cc3)C2)c1. The van der Waals surface area contributed by atoms with Crippen molar-refractivity contribution in [2.45, 2.75) is 13.3 Å². The predicted molar refractivity (Wildman–Crippen MR) is 102 cm³/mol. The minimum absolute atomic E-state index is 0.0523. The van der Waals surface area contributed by atoms with Crippen LogP contribution in [0.1, 0.15) is 12.0 Å². The summed E-state index contributed by atoms with van der Waals surface area (Å²) in [6.07, 6.45) is 0.215. The zero-order valence-electron chi connectivity index (χ0n) is 14.6. The molecule has 136 valence electrons. The molecule has 0 bridgehead atoms. The number of aryl methyl sites for hydroxylation is 1. The average Bonchev–Trinajstić information content (AvgIpc) is 3.01. The van der Waals surface area contributed by atoms with Crippen LogP contribution < -0.4 is 15.0 Å². The Bertz CT molecular complexity index is 792. The minimum Gasteiger partial charge on any atom is -0.492 e. The van der Waals surface area contributed by atoms with Crippen molar-refractivity contribution in [3.8, 4) is 5.75 Å². The Balaban J connectivity index is 1.46. The lowest BCUT2D eigenvalue weighted by Crippen LogP contribution is -2.35. The summed E-state index contributed by atoms with van der Waals surface area (Å²) in [7, 11) is 0. The highest BCUT2D eigenvalue weighted by atomic mass is 35.5. The molecule has 1 N–H and O–H groups in total. The number of nitrogens with zero attached hydrogens (tertiary/aromatic N) is 1. The molecule has 0 spiro atoms. The van der Waals surface area contributed by atoms with E-state index >= 15 is 0 Å². The summed E-state index contributed by atoms with van der Waals surface area (Å²) in [5.74, 6) is 0.257. The monoisotopic (exact) mass is 372 g/mol. The third-order valence-electron chi connectivity index (χ3n) is 4.29. The molecule has 0 aliphatic carbocycles. The van der Waals surface area contributed by atoms with E-state index in [-0.39, 0.29) is 24.2 Å². The van der Waals surface area contributed by atoms with Gasteiger partial charge in [-0.2, -0.15) is 0 Å². The summed E-state index contributed by atoms with van der Waals surface area (Å²) in [6.45, 7) is 3.17. The van der Waals surface area contributed by atoms with E-state index < -0.39 is 0 Å². The van der Waals surface area contributed by atoms with Crippen molar-refractivity contribution >= 4 is 29.1 Å². The van der Waals surface area contributed by atoms with Crippen molar-refractivity contribution < 1.29 is 14.3 Å². The van der Waals surface area contributed by atoms with Gasteiger partial charge in [-0.15, -0.1) is 0 Å². The van der Waals surface area contributed by atoms with Crippen molar-refractivity contribution in [2.24, 2.45) is 5.92 Å². The predicted octanol–water partition coefficient (Wildman–Crippen LogP) is 3.20. The number of hydrogen-bond acceptors (Lipinski definition) is 3. The van der Waals surface area contributed by atoms with Crippen molar-refractivity contribution in [1.82, 2.24) is 5.32 Å². The average molecular weight is 373 g/mol. The summed E-state index contributed by atoms with van der Waals surface area (Å²) in [4.78, 5) is 26.2. The van der Waals surface area contributed by atoms with Gasteiger partial charge in [-0.1, -0.05) is 23.7 Å². The van der Waals surface area contributed by atoms with E-state index in [1.165, 1.54) is 0 Å². The number of ether oxygens (including phenoxy) is 1. The van der Waals surface area contributed by atoms with Crippen molar-refractivity contribution in [3.05, 3.63) is 59.1 Å². The minimum atomic E-state index is -0.350. The molecule has 0 aromatic heterocycles. The van der Waals surface area contributed by atoms with Crippen LogP contribution in [-0.4, -0.2) is 31.5 Å². The molecule has 1 fully saturated rings. The molecule has 1 aliphatic heterocycles. The molecule has 6 heteroatoms. The number of amides is 2. The Kier molecular flexibility index (Phi) is 5.78. The topological polar surface area (TPSA) is 58.6 Å².